The molecule has 1 heterocycles. The Morgan fingerprint density at radius 1 is 1.35 bits per heavy atom. The van der Waals surface area contributed by atoms with Crippen molar-refractivity contribution in [2.75, 3.05) is 0 Å². The Balaban J connectivity index is 2.33. The van der Waals surface area contributed by atoms with E-state index >= 15 is 0 Å². The lowest BCUT2D eigenvalue weighted by Crippen LogP contribution is -1.89. The number of nitrogens with zero attached hydrogens (tertiary/aromatic N) is 1. The van der Waals surface area contributed by atoms with Crippen LogP contribution in [0.25, 0.3) is 17.4 Å². The van der Waals surface area contributed by atoms with Crippen molar-refractivity contribution in [1.82, 2.24) is 0 Å². The first-order valence-electron chi connectivity index (χ1n) is 5.70. The van der Waals surface area contributed by atoms with Crippen molar-refractivity contribution in [3.05, 3.63) is 57.8 Å². The van der Waals surface area contributed by atoms with E-state index in [0.29, 0.717) is 11.5 Å². The highest BCUT2D eigenvalue weighted by Gasteiger charge is 2.11. The molecule has 0 saturated heterocycles. The van der Waals surface area contributed by atoms with Gasteiger partial charge in [0.1, 0.15) is 11.5 Å². The lowest BCUT2D eigenvalue weighted by Gasteiger charge is -2.02. The van der Waals surface area contributed by atoms with Crippen LogP contribution in [0.4, 0.5) is 5.69 Å². The van der Waals surface area contributed by atoms with Gasteiger partial charge in [0.05, 0.1) is 4.92 Å². The van der Waals surface area contributed by atoms with E-state index in [1.54, 1.807) is 25.1 Å². The number of furan rings is 1. The molecule has 0 fully saturated rings. The quantitative estimate of drug-likeness (QED) is 0.370. The van der Waals surface area contributed by atoms with E-state index in [9.17, 15) is 14.9 Å². The molecule has 0 aliphatic rings. The number of aryl methyl sites for hydroxylation is 1. The lowest BCUT2D eigenvalue weighted by molar-refractivity contribution is -0.384. The highest BCUT2D eigenvalue weighted by atomic mass is 35.5. The van der Waals surface area contributed by atoms with Crippen LogP contribution in [0.3, 0.4) is 0 Å². The highest BCUT2D eigenvalue weighted by Crippen LogP contribution is 2.28. The van der Waals surface area contributed by atoms with Crippen molar-refractivity contribution in [3.8, 4) is 11.3 Å². The summed E-state index contributed by atoms with van der Waals surface area (Å²) in [5.74, 6) is 1.05. The molecule has 20 heavy (non-hydrogen) atoms. The molecule has 1 aromatic carbocycles. The normalized spacial score (nSPS) is 10.9. The number of nitro groups is 1. The zero-order valence-electron chi connectivity index (χ0n) is 10.5. The van der Waals surface area contributed by atoms with Crippen LogP contribution in [0.1, 0.15) is 11.3 Å². The first kappa shape index (κ1) is 14.0. The van der Waals surface area contributed by atoms with Crippen LogP contribution < -0.4 is 0 Å². The number of benzene rings is 1. The minimum atomic E-state index is -0.588. The largest absolute Gasteiger partial charge is 0.457 e. The Kier molecular flexibility index (Phi) is 4.00. The second-order valence-electron chi connectivity index (χ2n) is 4.10. The van der Waals surface area contributed by atoms with E-state index in [1.165, 1.54) is 24.3 Å². The van der Waals surface area contributed by atoms with Crippen LogP contribution in [0.2, 0.25) is 0 Å². The molecule has 1 aromatic heterocycles. The number of allylic oxidation sites excluding steroid dienone is 1. The molecular formula is C14H10ClNO4. The molecule has 6 heteroatoms. The number of halogens is 1. The molecule has 0 aliphatic carbocycles. The third-order valence-corrected chi connectivity index (χ3v) is 2.82. The zero-order valence-corrected chi connectivity index (χ0v) is 11.3. The number of hydrogen-bond donors (Lipinski definition) is 0. The van der Waals surface area contributed by atoms with Crippen LogP contribution >= 0.6 is 11.6 Å². The van der Waals surface area contributed by atoms with Gasteiger partial charge in [-0.3, -0.25) is 14.9 Å². The molecule has 0 spiro atoms. The average molecular weight is 292 g/mol. The third-order valence-electron chi connectivity index (χ3n) is 2.69. The Labute approximate surface area is 119 Å². The van der Waals surface area contributed by atoms with Crippen molar-refractivity contribution < 1.29 is 14.1 Å². The molecular weight excluding hydrogens is 282 g/mol. The summed E-state index contributed by atoms with van der Waals surface area (Å²) in [6.07, 6.45) is 2.65. The van der Waals surface area contributed by atoms with Crippen LogP contribution in [-0.4, -0.2) is 10.2 Å². The maximum atomic E-state index is 10.7. The monoisotopic (exact) mass is 291 g/mol. The van der Waals surface area contributed by atoms with Gasteiger partial charge in [-0.25, -0.2) is 0 Å². The van der Waals surface area contributed by atoms with Gasteiger partial charge in [0.2, 0.25) is 5.24 Å². The molecule has 2 rings (SSSR count). The summed E-state index contributed by atoms with van der Waals surface area (Å²) in [6.45, 7) is 1.77. The molecule has 102 valence electrons. The predicted molar refractivity (Wildman–Crippen MR) is 75.4 cm³/mol. The Morgan fingerprint density at radius 2 is 2.10 bits per heavy atom. The van der Waals surface area contributed by atoms with Crippen LogP contribution in [-0.2, 0) is 4.79 Å². The van der Waals surface area contributed by atoms with Gasteiger partial charge in [0, 0.05) is 23.8 Å². The van der Waals surface area contributed by atoms with E-state index in [2.05, 4.69) is 0 Å². The molecule has 5 nitrogen and oxygen atoms in total. The van der Waals surface area contributed by atoms with Gasteiger partial charge in [0.15, 0.2) is 0 Å². The Bertz CT molecular complexity index is 703. The average Bonchev–Trinajstić information content (AvgIpc) is 2.84. The van der Waals surface area contributed by atoms with Gasteiger partial charge in [-0.15, -0.1) is 0 Å². The van der Waals surface area contributed by atoms with E-state index in [4.69, 9.17) is 16.0 Å². The van der Waals surface area contributed by atoms with Crippen LogP contribution in [0.15, 0.2) is 40.8 Å². The first-order valence-corrected chi connectivity index (χ1v) is 6.08. The lowest BCUT2D eigenvalue weighted by atomic mass is 10.1. The summed E-state index contributed by atoms with van der Waals surface area (Å²) >= 11 is 5.19. The minimum Gasteiger partial charge on any atom is -0.457 e. The smallest absolute Gasteiger partial charge is 0.269 e. The van der Waals surface area contributed by atoms with Crippen molar-refractivity contribution in [1.29, 1.82) is 0 Å². The van der Waals surface area contributed by atoms with E-state index in [0.717, 1.165) is 11.1 Å². The van der Waals surface area contributed by atoms with E-state index < -0.39 is 10.2 Å². The summed E-state index contributed by atoms with van der Waals surface area (Å²) in [5.41, 5.74) is 1.52. The fourth-order valence-electron chi connectivity index (χ4n) is 1.77. The maximum absolute atomic E-state index is 10.7. The van der Waals surface area contributed by atoms with Gasteiger partial charge in [-0.2, -0.15) is 0 Å². The first-order chi connectivity index (χ1) is 9.47. The molecule has 0 unspecified atom stereocenters. The van der Waals surface area contributed by atoms with Crippen molar-refractivity contribution in [2.45, 2.75) is 6.92 Å². The standard InChI is InChI=1S/C14H10ClNO4/c1-9-8-10(16(18)19)2-5-12(9)13-6-3-11(20-13)4-7-14(15)17/h2-8H,1H3/b7-4+. The highest BCUT2D eigenvalue weighted by molar-refractivity contribution is 6.66. The third kappa shape index (κ3) is 3.13. The van der Waals surface area contributed by atoms with E-state index in [1.807, 2.05) is 0 Å². The number of hydrogen-bond acceptors (Lipinski definition) is 4. The fraction of sp³-hybridized carbons (Fsp3) is 0.0714. The summed E-state index contributed by atoms with van der Waals surface area (Å²) in [6, 6.07) is 7.95. The topological polar surface area (TPSA) is 73.3 Å². The molecule has 0 aliphatic heterocycles. The van der Waals surface area contributed by atoms with Gasteiger partial charge in [0.25, 0.3) is 5.69 Å². The zero-order chi connectivity index (χ0) is 14.7. The maximum Gasteiger partial charge on any atom is 0.269 e. The molecule has 0 bridgehead atoms. The number of carbonyl (C=O) groups excluding carboxylic acids is 1. The molecule has 0 saturated carbocycles. The summed E-state index contributed by atoms with van der Waals surface area (Å²) in [7, 11) is 0. The Morgan fingerprint density at radius 3 is 2.70 bits per heavy atom. The molecule has 0 atom stereocenters. The minimum absolute atomic E-state index is 0.0330. The molecule has 0 N–H and O–H groups in total. The SMILES string of the molecule is Cc1cc([N+](=O)[O-])ccc1-c1ccc(/C=C/C(=O)Cl)o1. The summed E-state index contributed by atoms with van der Waals surface area (Å²) < 4.78 is 5.53. The molecule has 0 amide bonds. The van der Waals surface area contributed by atoms with E-state index in [-0.39, 0.29) is 5.69 Å². The fourth-order valence-corrected chi connectivity index (χ4v) is 1.84. The number of carbonyl (C=O) groups is 1. The van der Waals surface area contributed by atoms with Gasteiger partial charge >= 0.3 is 0 Å². The molecule has 2 aromatic rings. The van der Waals surface area contributed by atoms with Crippen molar-refractivity contribution in [3.63, 3.8) is 0 Å². The summed E-state index contributed by atoms with van der Waals surface area (Å²) in [5, 5.41) is 10.1. The van der Waals surface area contributed by atoms with Crippen molar-refractivity contribution >= 4 is 28.6 Å². The summed E-state index contributed by atoms with van der Waals surface area (Å²) in [4.78, 5) is 20.9. The van der Waals surface area contributed by atoms with Gasteiger partial charge in [-0.1, -0.05) is 0 Å². The second kappa shape index (κ2) is 5.71. The number of nitro benzene ring substituents is 1. The van der Waals surface area contributed by atoms with Crippen LogP contribution in [0.5, 0.6) is 0 Å². The number of non-ortho nitro benzene ring substituents is 1. The van der Waals surface area contributed by atoms with Gasteiger partial charge < -0.3 is 4.42 Å². The van der Waals surface area contributed by atoms with Crippen LogP contribution in [0, 0.1) is 17.0 Å². The van der Waals surface area contributed by atoms with Gasteiger partial charge in [-0.05, 0) is 48.4 Å². The number of rotatable bonds is 4. The van der Waals surface area contributed by atoms with Crippen molar-refractivity contribution in [2.24, 2.45) is 0 Å². The predicted octanol–water partition coefficient (Wildman–Crippen LogP) is 3.94. The second-order valence-corrected chi connectivity index (χ2v) is 4.47. The molecule has 0 radical (unpaired) electrons. The Hall–Kier alpha value is -2.40.